The molecule has 1 atom stereocenters. The fourth-order valence-corrected chi connectivity index (χ4v) is 1.71. The van der Waals surface area contributed by atoms with Crippen LogP contribution in [-0.2, 0) is 6.54 Å². The van der Waals surface area contributed by atoms with Gasteiger partial charge in [-0.3, -0.25) is 0 Å². The summed E-state index contributed by atoms with van der Waals surface area (Å²) in [7, 11) is 2.07. The summed E-state index contributed by atoms with van der Waals surface area (Å²) in [5.41, 5.74) is 0.918. The SMILES string of the molecule is CCNCc1nc(N(C)C(C)CC)ccc1Cl. The molecule has 0 aromatic carbocycles. The van der Waals surface area contributed by atoms with Gasteiger partial charge in [-0.05, 0) is 32.0 Å². The molecule has 1 rings (SSSR count). The quantitative estimate of drug-likeness (QED) is 0.847. The molecule has 1 unspecified atom stereocenters. The van der Waals surface area contributed by atoms with Crippen molar-refractivity contribution >= 4 is 17.4 Å². The number of halogens is 1. The average molecular weight is 256 g/mol. The molecule has 1 N–H and O–H groups in total. The van der Waals surface area contributed by atoms with Crippen LogP contribution in [0, 0.1) is 0 Å². The van der Waals surface area contributed by atoms with E-state index in [4.69, 9.17) is 11.6 Å². The third-order valence-electron chi connectivity index (χ3n) is 3.06. The molecule has 1 heterocycles. The molecule has 1 aromatic heterocycles. The minimum Gasteiger partial charge on any atom is -0.357 e. The second-order valence-corrected chi connectivity index (χ2v) is 4.65. The maximum absolute atomic E-state index is 6.13. The highest BCUT2D eigenvalue weighted by Gasteiger charge is 2.11. The van der Waals surface area contributed by atoms with E-state index in [0.717, 1.165) is 36.0 Å². The number of hydrogen-bond donors (Lipinski definition) is 1. The van der Waals surface area contributed by atoms with Crippen molar-refractivity contribution in [2.24, 2.45) is 0 Å². The van der Waals surface area contributed by atoms with Crippen LogP contribution in [0.1, 0.15) is 32.9 Å². The summed E-state index contributed by atoms with van der Waals surface area (Å²) < 4.78 is 0. The van der Waals surface area contributed by atoms with Crippen molar-refractivity contribution in [2.45, 2.75) is 39.8 Å². The van der Waals surface area contributed by atoms with E-state index in [2.05, 4.69) is 43.0 Å². The first-order valence-corrected chi connectivity index (χ1v) is 6.56. The molecule has 0 saturated carbocycles. The summed E-state index contributed by atoms with van der Waals surface area (Å²) in [6.45, 7) is 8.08. The van der Waals surface area contributed by atoms with Crippen molar-refractivity contribution in [2.75, 3.05) is 18.5 Å². The van der Waals surface area contributed by atoms with Gasteiger partial charge in [-0.25, -0.2) is 4.98 Å². The standard InChI is InChI=1S/C13H22ClN3/c1-5-10(3)17(4)13-8-7-11(14)12(16-13)9-15-6-2/h7-8,10,15H,5-6,9H2,1-4H3. The summed E-state index contributed by atoms with van der Waals surface area (Å²) >= 11 is 6.13. The van der Waals surface area contributed by atoms with Crippen molar-refractivity contribution in [1.29, 1.82) is 0 Å². The minimum atomic E-state index is 0.482. The van der Waals surface area contributed by atoms with Crippen LogP contribution in [0.2, 0.25) is 5.02 Å². The van der Waals surface area contributed by atoms with Crippen LogP contribution in [0.25, 0.3) is 0 Å². The number of pyridine rings is 1. The van der Waals surface area contributed by atoms with E-state index < -0.39 is 0 Å². The largest absolute Gasteiger partial charge is 0.357 e. The molecular formula is C13H22ClN3. The first-order chi connectivity index (χ1) is 8.10. The van der Waals surface area contributed by atoms with Crippen molar-refractivity contribution in [3.05, 3.63) is 22.8 Å². The van der Waals surface area contributed by atoms with Crippen LogP contribution in [-0.4, -0.2) is 24.6 Å². The van der Waals surface area contributed by atoms with E-state index >= 15 is 0 Å². The average Bonchev–Trinajstić information content (AvgIpc) is 2.36. The van der Waals surface area contributed by atoms with Crippen LogP contribution in [0.4, 0.5) is 5.82 Å². The van der Waals surface area contributed by atoms with E-state index in [9.17, 15) is 0 Å². The van der Waals surface area contributed by atoms with E-state index in [1.54, 1.807) is 0 Å². The van der Waals surface area contributed by atoms with Crippen LogP contribution < -0.4 is 10.2 Å². The Bertz CT molecular complexity index is 355. The number of nitrogens with one attached hydrogen (secondary N) is 1. The van der Waals surface area contributed by atoms with Crippen LogP contribution in [0.15, 0.2) is 12.1 Å². The second-order valence-electron chi connectivity index (χ2n) is 4.25. The molecule has 4 heteroatoms. The second kappa shape index (κ2) is 6.82. The van der Waals surface area contributed by atoms with Gasteiger partial charge in [0.05, 0.1) is 10.7 Å². The zero-order valence-electron chi connectivity index (χ0n) is 11.1. The summed E-state index contributed by atoms with van der Waals surface area (Å²) in [5.74, 6) is 0.983. The van der Waals surface area contributed by atoms with Crippen molar-refractivity contribution in [3.8, 4) is 0 Å². The van der Waals surface area contributed by atoms with Gasteiger partial charge >= 0.3 is 0 Å². The van der Waals surface area contributed by atoms with Gasteiger partial charge in [-0.15, -0.1) is 0 Å². The Morgan fingerprint density at radius 3 is 2.71 bits per heavy atom. The van der Waals surface area contributed by atoms with Gasteiger partial charge in [0.2, 0.25) is 0 Å². The molecule has 0 amide bonds. The summed E-state index contributed by atoms with van der Waals surface area (Å²) in [6.07, 6.45) is 1.10. The maximum Gasteiger partial charge on any atom is 0.128 e. The summed E-state index contributed by atoms with van der Waals surface area (Å²) in [4.78, 5) is 6.80. The molecule has 1 aromatic rings. The fraction of sp³-hybridized carbons (Fsp3) is 0.615. The van der Waals surface area contributed by atoms with Crippen LogP contribution in [0.3, 0.4) is 0 Å². The predicted molar refractivity (Wildman–Crippen MR) is 74.8 cm³/mol. The van der Waals surface area contributed by atoms with Gasteiger partial charge in [0, 0.05) is 19.6 Å². The first kappa shape index (κ1) is 14.3. The lowest BCUT2D eigenvalue weighted by Gasteiger charge is -2.25. The molecule has 0 aliphatic rings. The Labute approximate surface area is 109 Å². The molecule has 0 spiro atoms. The Morgan fingerprint density at radius 1 is 1.41 bits per heavy atom. The number of nitrogens with zero attached hydrogens (tertiary/aromatic N) is 2. The minimum absolute atomic E-state index is 0.482. The molecule has 0 fully saturated rings. The number of anilines is 1. The molecule has 0 radical (unpaired) electrons. The van der Waals surface area contributed by atoms with Crippen molar-refractivity contribution < 1.29 is 0 Å². The zero-order chi connectivity index (χ0) is 12.8. The monoisotopic (exact) mass is 255 g/mol. The lowest BCUT2D eigenvalue weighted by molar-refractivity contribution is 0.651. The Kier molecular flexibility index (Phi) is 5.72. The summed E-state index contributed by atoms with van der Waals surface area (Å²) in [6, 6.07) is 4.38. The van der Waals surface area contributed by atoms with Gasteiger partial charge < -0.3 is 10.2 Å². The molecule has 17 heavy (non-hydrogen) atoms. The zero-order valence-corrected chi connectivity index (χ0v) is 11.9. The molecule has 96 valence electrons. The van der Waals surface area contributed by atoms with Crippen LogP contribution in [0.5, 0.6) is 0 Å². The van der Waals surface area contributed by atoms with Crippen molar-refractivity contribution in [1.82, 2.24) is 10.3 Å². The smallest absolute Gasteiger partial charge is 0.128 e. The van der Waals surface area contributed by atoms with E-state index in [-0.39, 0.29) is 0 Å². The molecule has 0 saturated heterocycles. The van der Waals surface area contributed by atoms with Gasteiger partial charge in [0.1, 0.15) is 5.82 Å². The van der Waals surface area contributed by atoms with Gasteiger partial charge in [-0.2, -0.15) is 0 Å². The Morgan fingerprint density at radius 2 is 2.12 bits per heavy atom. The molecular weight excluding hydrogens is 234 g/mol. The number of hydrogen-bond acceptors (Lipinski definition) is 3. The number of rotatable bonds is 6. The molecule has 0 bridgehead atoms. The Balaban J connectivity index is 2.87. The lowest BCUT2D eigenvalue weighted by atomic mass is 10.2. The molecule has 0 aliphatic carbocycles. The Hall–Kier alpha value is -0.800. The highest BCUT2D eigenvalue weighted by Crippen LogP contribution is 2.20. The van der Waals surface area contributed by atoms with E-state index in [1.807, 2.05) is 12.1 Å². The topological polar surface area (TPSA) is 28.2 Å². The van der Waals surface area contributed by atoms with Crippen LogP contribution >= 0.6 is 11.6 Å². The van der Waals surface area contributed by atoms with E-state index in [0.29, 0.717) is 6.04 Å². The maximum atomic E-state index is 6.13. The highest BCUT2D eigenvalue weighted by molar-refractivity contribution is 6.31. The highest BCUT2D eigenvalue weighted by atomic mass is 35.5. The third kappa shape index (κ3) is 3.86. The normalized spacial score (nSPS) is 12.5. The predicted octanol–water partition coefficient (Wildman–Crippen LogP) is 3.08. The molecule has 0 aliphatic heterocycles. The fourth-order valence-electron chi connectivity index (χ4n) is 1.54. The van der Waals surface area contributed by atoms with Gasteiger partial charge in [0.15, 0.2) is 0 Å². The van der Waals surface area contributed by atoms with E-state index in [1.165, 1.54) is 0 Å². The van der Waals surface area contributed by atoms with Gasteiger partial charge in [0.25, 0.3) is 0 Å². The van der Waals surface area contributed by atoms with Crippen molar-refractivity contribution in [3.63, 3.8) is 0 Å². The third-order valence-corrected chi connectivity index (χ3v) is 3.40. The number of aromatic nitrogens is 1. The lowest BCUT2D eigenvalue weighted by Crippen LogP contribution is -2.29. The first-order valence-electron chi connectivity index (χ1n) is 6.19. The summed E-state index contributed by atoms with van der Waals surface area (Å²) in [5, 5.41) is 3.98. The van der Waals surface area contributed by atoms with Gasteiger partial charge in [-0.1, -0.05) is 25.4 Å². The molecule has 3 nitrogen and oxygen atoms in total.